The second kappa shape index (κ2) is 7.41. The number of hydrogen-bond acceptors (Lipinski definition) is 6. The topological polar surface area (TPSA) is 81.7 Å². The number of carbonyl (C=O) groups is 2. The van der Waals surface area contributed by atoms with Crippen molar-refractivity contribution in [1.82, 2.24) is 5.32 Å². The lowest BCUT2D eigenvalue weighted by Gasteiger charge is -2.49. The van der Waals surface area contributed by atoms with E-state index in [1.807, 2.05) is 0 Å². The zero-order valence-corrected chi connectivity index (χ0v) is 14.9. The van der Waals surface area contributed by atoms with Gasteiger partial charge in [-0.05, 0) is 37.3 Å². The molecule has 10 heteroatoms. The number of carbonyl (C=O) groups excluding carboxylic acids is 2. The summed E-state index contributed by atoms with van der Waals surface area (Å²) < 4.78 is 81.3. The van der Waals surface area contributed by atoms with E-state index in [0.717, 1.165) is 23.1 Å². The average molecular weight is 416 g/mol. The summed E-state index contributed by atoms with van der Waals surface area (Å²) in [5, 5.41) is 14.1. The van der Waals surface area contributed by atoms with Gasteiger partial charge in [0.25, 0.3) is 0 Å². The van der Waals surface area contributed by atoms with Crippen molar-refractivity contribution in [3.8, 4) is 5.75 Å². The summed E-state index contributed by atoms with van der Waals surface area (Å²) >= 11 is 0. The Bertz CT molecular complexity index is 1010. The monoisotopic (exact) mass is 416 g/mol. The van der Waals surface area contributed by atoms with Crippen LogP contribution in [0.2, 0.25) is 0 Å². The quantitative estimate of drug-likeness (QED) is 0.756. The maximum absolute atomic E-state index is 14.4. The Labute approximate surface area is 167 Å². The number of aliphatic carboxylic acids is 1. The number of benzene rings is 1. The van der Waals surface area contributed by atoms with Gasteiger partial charge in [-0.2, -0.15) is 13.2 Å². The zero-order valence-electron chi connectivity index (χ0n) is 17.9. The third-order valence-electron chi connectivity index (χ3n) is 4.84. The Morgan fingerprint density at radius 1 is 1.38 bits per heavy atom. The third kappa shape index (κ3) is 3.79. The second-order valence-corrected chi connectivity index (χ2v) is 6.63. The Kier molecular flexibility index (Phi) is 4.31. The number of fused-ring (bicyclic) bond motifs is 1. The van der Waals surface area contributed by atoms with Crippen LogP contribution in [-0.2, 0) is 15.8 Å². The molecule has 0 bridgehead atoms. The summed E-state index contributed by atoms with van der Waals surface area (Å²) in [5.74, 6) is -5.04. The Morgan fingerprint density at radius 2 is 2.10 bits per heavy atom. The van der Waals surface area contributed by atoms with Gasteiger partial charge in [0.2, 0.25) is 0 Å². The number of alkyl halides is 3. The van der Waals surface area contributed by atoms with Gasteiger partial charge in [-0.1, -0.05) is 0 Å². The molecule has 1 fully saturated rings. The van der Waals surface area contributed by atoms with Gasteiger partial charge in [0.1, 0.15) is 11.6 Å². The van der Waals surface area contributed by atoms with E-state index in [1.165, 1.54) is 6.92 Å². The molecule has 0 aromatic heterocycles. The van der Waals surface area contributed by atoms with E-state index in [1.54, 1.807) is 0 Å². The first-order chi connectivity index (χ1) is 14.7. The molecule has 0 saturated carbocycles. The van der Waals surface area contributed by atoms with Crippen LogP contribution >= 0.6 is 0 Å². The molecular weight excluding hydrogens is 396 g/mol. The fourth-order valence-electron chi connectivity index (χ4n) is 3.68. The van der Waals surface area contributed by atoms with Crippen LogP contribution in [0.1, 0.15) is 23.0 Å². The Hall–Kier alpha value is -3.04. The standard InChI is InChI=1S/C19H18F4N2O4/c1-9-24-18-11(20)4-5-14(26)17(18)13(8-16(27)28)25(9)12-7-10(19(21,22)23)3-6-15(12)29-2/h3-7,9,13,17,24H,8H2,1-2H3,(H,27,28)/p-1/i2D3. The molecule has 156 valence electrons. The summed E-state index contributed by atoms with van der Waals surface area (Å²) in [6.07, 6.45) is -4.92. The summed E-state index contributed by atoms with van der Waals surface area (Å²) in [7, 11) is -3.04. The highest BCUT2D eigenvalue weighted by Crippen LogP contribution is 2.42. The van der Waals surface area contributed by atoms with E-state index in [4.69, 9.17) is 8.85 Å². The van der Waals surface area contributed by atoms with E-state index in [9.17, 15) is 32.3 Å². The number of methoxy groups -OCH3 is 1. The highest BCUT2D eigenvalue weighted by molar-refractivity contribution is 5.97. The normalized spacial score (nSPS) is 26.2. The number of carboxylic acid groups (broad SMARTS) is 1. The van der Waals surface area contributed by atoms with Crippen LogP contribution in [0.4, 0.5) is 23.2 Å². The molecule has 2 aliphatic rings. The van der Waals surface area contributed by atoms with Crippen LogP contribution in [0.3, 0.4) is 0 Å². The molecule has 0 radical (unpaired) electrons. The van der Waals surface area contributed by atoms with Gasteiger partial charge in [-0.25, -0.2) is 4.39 Å². The lowest BCUT2D eigenvalue weighted by Crippen LogP contribution is -2.62. The van der Waals surface area contributed by atoms with E-state index in [2.05, 4.69) is 5.32 Å². The summed E-state index contributed by atoms with van der Waals surface area (Å²) in [4.78, 5) is 25.0. The fourth-order valence-corrected chi connectivity index (χ4v) is 3.68. The van der Waals surface area contributed by atoms with Gasteiger partial charge in [-0.15, -0.1) is 0 Å². The minimum absolute atomic E-state index is 0.210. The van der Waals surface area contributed by atoms with Crippen molar-refractivity contribution in [1.29, 1.82) is 0 Å². The summed E-state index contributed by atoms with van der Waals surface area (Å²) in [6, 6.07) is 0.606. The lowest BCUT2D eigenvalue weighted by molar-refractivity contribution is -0.306. The fraction of sp³-hybridized carbons (Fsp3) is 0.368. The number of halogens is 4. The predicted molar refractivity (Wildman–Crippen MR) is 92.3 cm³/mol. The summed E-state index contributed by atoms with van der Waals surface area (Å²) in [5.41, 5.74) is -1.80. The predicted octanol–water partition coefficient (Wildman–Crippen LogP) is 1.91. The number of carboxylic acids is 1. The van der Waals surface area contributed by atoms with Gasteiger partial charge in [0, 0.05) is 12.4 Å². The molecule has 0 amide bonds. The zero-order chi connectivity index (χ0) is 24.0. The molecule has 29 heavy (non-hydrogen) atoms. The van der Waals surface area contributed by atoms with Crippen molar-refractivity contribution in [3.63, 3.8) is 0 Å². The van der Waals surface area contributed by atoms with Crippen molar-refractivity contribution >= 4 is 17.4 Å². The van der Waals surface area contributed by atoms with Crippen molar-refractivity contribution in [2.45, 2.75) is 31.7 Å². The minimum Gasteiger partial charge on any atom is -0.550 e. The first-order valence-electron chi connectivity index (χ1n) is 9.95. The molecule has 1 aromatic carbocycles. The van der Waals surface area contributed by atoms with Gasteiger partial charge in [0.05, 0.1) is 46.2 Å². The minimum atomic E-state index is -4.82. The van der Waals surface area contributed by atoms with Crippen LogP contribution in [-0.4, -0.2) is 31.0 Å². The van der Waals surface area contributed by atoms with Gasteiger partial charge < -0.3 is 24.9 Å². The van der Waals surface area contributed by atoms with E-state index >= 15 is 0 Å². The Balaban J connectivity index is 2.21. The molecule has 6 nitrogen and oxygen atoms in total. The van der Waals surface area contributed by atoms with Crippen LogP contribution in [0.25, 0.3) is 0 Å². The second-order valence-electron chi connectivity index (χ2n) is 6.63. The molecule has 1 aromatic rings. The SMILES string of the molecule is [2H]C([2H])([2H])Oc1ccc(C(F)(F)F)cc1N1C(C)NC2=C(F)C=CC(=O)C2C1CC(=O)[O-]. The first kappa shape index (κ1) is 16.9. The van der Waals surface area contributed by atoms with Gasteiger partial charge >= 0.3 is 6.18 Å². The molecule has 1 aliphatic carbocycles. The molecule has 3 atom stereocenters. The van der Waals surface area contributed by atoms with E-state index in [0.29, 0.717) is 12.1 Å². The van der Waals surface area contributed by atoms with Gasteiger partial charge in [0.15, 0.2) is 5.78 Å². The van der Waals surface area contributed by atoms with Crippen molar-refractivity contribution in [3.05, 3.63) is 47.4 Å². The first-order valence-corrected chi connectivity index (χ1v) is 8.45. The number of ketones is 1. The molecule has 1 N–H and O–H groups in total. The number of anilines is 1. The summed E-state index contributed by atoms with van der Waals surface area (Å²) in [6.45, 7) is 1.39. The maximum atomic E-state index is 14.4. The molecule has 3 rings (SSSR count). The van der Waals surface area contributed by atoms with Crippen molar-refractivity contribution in [2.75, 3.05) is 11.9 Å². The number of allylic oxidation sites excluding steroid dienone is 3. The number of nitrogens with one attached hydrogen (secondary N) is 1. The van der Waals surface area contributed by atoms with Crippen molar-refractivity contribution < 1.29 is 41.1 Å². The third-order valence-corrected chi connectivity index (χ3v) is 4.84. The van der Waals surface area contributed by atoms with Crippen LogP contribution in [0.15, 0.2) is 41.9 Å². The van der Waals surface area contributed by atoms with Crippen LogP contribution < -0.4 is 20.1 Å². The number of rotatable bonds is 4. The number of ether oxygens (including phenoxy) is 1. The number of nitrogens with zero attached hydrogens (tertiary/aromatic N) is 1. The average Bonchev–Trinajstić information content (AvgIpc) is 2.63. The van der Waals surface area contributed by atoms with Crippen LogP contribution in [0, 0.1) is 5.92 Å². The lowest BCUT2D eigenvalue weighted by atomic mass is 9.82. The van der Waals surface area contributed by atoms with E-state index in [-0.39, 0.29) is 5.70 Å². The molecular formula is C19H17F4N2O4-. The highest BCUT2D eigenvalue weighted by Gasteiger charge is 2.45. The molecule has 1 aliphatic heterocycles. The van der Waals surface area contributed by atoms with Crippen molar-refractivity contribution in [2.24, 2.45) is 5.92 Å². The number of hydrogen-bond donors (Lipinski definition) is 1. The van der Waals surface area contributed by atoms with E-state index < -0.39 is 72.3 Å². The van der Waals surface area contributed by atoms with Gasteiger partial charge in [-0.3, -0.25) is 4.79 Å². The molecule has 0 spiro atoms. The Morgan fingerprint density at radius 3 is 2.72 bits per heavy atom. The molecule has 1 saturated heterocycles. The van der Waals surface area contributed by atoms with Crippen LogP contribution in [0.5, 0.6) is 5.75 Å². The largest absolute Gasteiger partial charge is 0.550 e. The smallest absolute Gasteiger partial charge is 0.416 e. The highest BCUT2D eigenvalue weighted by atomic mass is 19.4. The molecule has 3 unspecified atom stereocenters. The maximum Gasteiger partial charge on any atom is 0.416 e. The molecule has 1 heterocycles.